The summed E-state index contributed by atoms with van der Waals surface area (Å²) in [6.07, 6.45) is 0. The maximum atomic E-state index is 2.44. The molecule has 0 spiro atoms. The van der Waals surface area contributed by atoms with Crippen molar-refractivity contribution in [1.29, 1.82) is 0 Å². The topological polar surface area (TPSA) is 8.17 Å². The van der Waals surface area contributed by atoms with Gasteiger partial charge < -0.3 is 9.47 Å². The van der Waals surface area contributed by atoms with Crippen LogP contribution in [0.4, 0.5) is 17.1 Å². The Morgan fingerprint density at radius 2 is 0.926 bits per heavy atom. The Balaban J connectivity index is 0.00000178. The first-order valence-electron chi connectivity index (χ1n) is 18.9. The standard InChI is InChI=1S/C50H32N2.C2H6/c1-3-15-38(16-4-1)51(41-27-23-33-11-7-8-12-36(33)29-41)40-25-21-34(22-26-40)37-24-28-48-46(30-37)47-31-44-42-19-9-13-35-14-10-20-43(50(35)42)45(44)32-49(47)52(48)39-17-5-2-6-18-39;1-2/h1-32H;1-2H3. The molecule has 11 rings (SSSR count). The molecule has 10 aromatic rings. The first-order chi connectivity index (χ1) is 26.8. The summed E-state index contributed by atoms with van der Waals surface area (Å²) in [5.74, 6) is 0. The van der Waals surface area contributed by atoms with Gasteiger partial charge in [-0.2, -0.15) is 0 Å². The molecule has 0 saturated carbocycles. The quantitative estimate of drug-likeness (QED) is 0.175. The Bertz CT molecular complexity index is 2990. The van der Waals surface area contributed by atoms with E-state index in [0.717, 1.165) is 17.1 Å². The van der Waals surface area contributed by atoms with Gasteiger partial charge in [-0.1, -0.05) is 135 Å². The van der Waals surface area contributed by atoms with Crippen molar-refractivity contribution in [2.45, 2.75) is 13.8 Å². The van der Waals surface area contributed by atoms with Crippen LogP contribution in [0.2, 0.25) is 0 Å². The molecule has 1 aromatic heterocycles. The molecule has 1 aliphatic carbocycles. The highest BCUT2D eigenvalue weighted by Gasteiger charge is 2.24. The van der Waals surface area contributed by atoms with Crippen LogP contribution in [0.1, 0.15) is 13.8 Å². The normalized spacial score (nSPS) is 11.5. The average molecular weight is 691 g/mol. The molecule has 0 bridgehead atoms. The van der Waals surface area contributed by atoms with E-state index in [-0.39, 0.29) is 0 Å². The van der Waals surface area contributed by atoms with Gasteiger partial charge in [0.2, 0.25) is 0 Å². The molecule has 0 unspecified atom stereocenters. The van der Waals surface area contributed by atoms with Gasteiger partial charge in [-0.05, 0) is 128 Å². The van der Waals surface area contributed by atoms with Crippen LogP contribution in [0.3, 0.4) is 0 Å². The van der Waals surface area contributed by atoms with Crippen LogP contribution in [-0.4, -0.2) is 4.57 Å². The molecule has 0 saturated heterocycles. The van der Waals surface area contributed by atoms with E-state index in [0.29, 0.717) is 0 Å². The zero-order valence-electron chi connectivity index (χ0n) is 30.4. The third-order valence-corrected chi connectivity index (χ3v) is 10.9. The van der Waals surface area contributed by atoms with Gasteiger partial charge in [-0.25, -0.2) is 0 Å². The van der Waals surface area contributed by atoms with E-state index in [1.807, 2.05) is 13.8 Å². The lowest BCUT2D eigenvalue weighted by atomic mass is 9.99. The Labute approximate surface area is 315 Å². The maximum absolute atomic E-state index is 2.44. The van der Waals surface area contributed by atoms with Gasteiger partial charge in [0, 0.05) is 33.5 Å². The summed E-state index contributed by atoms with van der Waals surface area (Å²) >= 11 is 0. The molecular formula is C52H38N2. The zero-order valence-corrected chi connectivity index (χ0v) is 30.4. The number of aromatic nitrogens is 1. The van der Waals surface area contributed by atoms with E-state index >= 15 is 0 Å². The van der Waals surface area contributed by atoms with Crippen molar-refractivity contribution in [2.75, 3.05) is 4.90 Å². The summed E-state index contributed by atoms with van der Waals surface area (Å²) in [6.45, 7) is 4.00. The first kappa shape index (κ1) is 31.8. The molecule has 0 N–H and O–H groups in total. The summed E-state index contributed by atoms with van der Waals surface area (Å²) in [7, 11) is 0. The lowest BCUT2D eigenvalue weighted by Crippen LogP contribution is -2.09. The highest BCUT2D eigenvalue weighted by atomic mass is 15.1. The summed E-state index contributed by atoms with van der Waals surface area (Å²) in [5, 5.41) is 7.65. The van der Waals surface area contributed by atoms with Gasteiger partial charge in [-0.15, -0.1) is 0 Å². The second kappa shape index (κ2) is 12.9. The highest BCUT2D eigenvalue weighted by Crippen LogP contribution is 2.50. The number of rotatable bonds is 5. The monoisotopic (exact) mass is 690 g/mol. The molecule has 2 heteroatoms. The minimum atomic E-state index is 1.12. The third kappa shape index (κ3) is 5.03. The number of anilines is 3. The number of para-hydroxylation sites is 2. The van der Waals surface area contributed by atoms with E-state index < -0.39 is 0 Å². The first-order valence-corrected chi connectivity index (χ1v) is 18.9. The van der Waals surface area contributed by atoms with Crippen molar-refractivity contribution >= 4 is 60.4 Å². The summed E-state index contributed by atoms with van der Waals surface area (Å²) < 4.78 is 2.43. The molecule has 0 aliphatic heterocycles. The fourth-order valence-corrected chi connectivity index (χ4v) is 8.48. The van der Waals surface area contributed by atoms with Crippen molar-refractivity contribution in [1.82, 2.24) is 4.57 Å². The van der Waals surface area contributed by atoms with Crippen LogP contribution < -0.4 is 4.90 Å². The van der Waals surface area contributed by atoms with Gasteiger partial charge in [0.15, 0.2) is 0 Å². The van der Waals surface area contributed by atoms with E-state index in [9.17, 15) is 0 Å². The molecule has 2 nitrogen and oxygen atoms in total. The molecule has 9 aromatic carbocycles. The minimum absolute atomic E-state index is 1.12. The van der Waals surface area contributed by atoms with Gasteiger partial charge in [-0.3, -0.25) is 0 Å². The number of fused-ring (bicyclic) bond motifs is 7. The number of benzene rings is 9. The van der Waals surface area contributed by atoms with Crippen molar-refractivity contribution < 1.29 is 0 Å². The Morgan fingerprint density at radius 1 is 0.352 bits per heavy atom. The van der Waals surface area contributed by atoms with E-state index in [1.54, 1.807) is 0 Å². The van der Waals surface area contributed by atoms with E-state index in [1.165, 1.54) is 82.4 Å². The van der Waals surface area contributed by atoms with Crippen molar-refractivity contribution in [3.63, 3.8) is 0 Å². The van der Waals surface area contributed by atoms with Crippen molar-refractivity contribution in [3.8, 4) is 39.1 Å². The predicted molar refractivity (Wildman–Crippen MR) is 232 cm³/mol. The number of hydrogen-bond acceptors (Lipinski definition) is 1. The van der Waals surface area contributed by atoms with Crippen LogP contribution in [0, 0.1) is 0 Å². The fraction of sp³-hybridized carbons (Fsp3) is 0.0385. The van der Waals surface area contributed by atoms with Crippen LogP contribution in [0.25, 0.3) is 82.4 Å². The summed E-state index contributed by atoms with van der Waals surface area (Å²) in [4.78, 5) is 2.34. The molecule has 1 heterocycles. The Morgan fingerprint density at radius 3 is 1.67 bits per heavy atom. The second-order valence-corrected chi connectivity index (χ2v) is 13.8. The predicted octanol–water partition coefficient (Wildman–Crippen LogP) is 14.9. The van der Waals surface area contributed by atoms with Crippen LogP contribution in [-0.2, 0) is 0 Å². The molecule has 0 amide bonds. The Kier molecular flexibility index (Phi) is 7.63. The zero-order chi connectivity index (χ0) is 36.2. The van der Waals surface area contributed by atoms with Gasteiger partial charge in [0.05, 0.1) is 11.0 Å². The van der Waals surface area contributed by atoms with Crippen molar-refractivity contribution in [3.05, 3.63) is 194 Å². The third-order valence-electron chi connectivity index (χ3n) is 10.9. The highest BCUT2D eigenvalue weighted by molar-refractivity contribution is 6.20. The van der Waals surface area contributed by atoms with Crippen LogP contribution in [0.5, 0.6) is 0 Å². The molecule has 1 aliphatic rings. The lowest BCUT2D eigenvalue weighted by Gasteiger charge is -2.26. The minimum Gasteiger partial charge on any atom is -0.310 e. The SMILES string of the molecule is CC.c1ccc(N(c2ccc(-c3ccc4c(c3)c3cc5c(cc3n4-c3ccccc3)-c3cccc4cccc-5c34)cc2)c2ccc3ccccc3c2)cc1. The molecular weight excluding hydrogens is 653 g/mol. The molecule has 256 valence electrons. The van der Waals surface area contributed by atoms with Crippen LogP contribution in [0.15, 0.2) is 194 Å². The number of hydrogen-bond donors (Lipinski definition) is 0. The van der Waals surface area contributed by atoms with E-state index in [2.05, 4.69) is 204 Å². The lowest BCUT2D eigenvalue weighted by molar-refractivity contribution is 1.18. The maximum Gasteiger partial charge on any atom is 0.0547 e. The largest absolute Gasteiger partial charge is 0.310 e. The fourth-order valence-electron chi connectivity index (χ4n) is 8.48. The molecule has 0 fully saturated rings. The molecule has 0 radical (unpaired) electrons. The van der Waals surface area contributed by atoms with E-state index in [4.69, 9.17) is 0 Å². The van der Waals surface area contributed by atoms with Crippen LogP contribution >= 0.6 is 0 Å². The van der Waals surface area contributed by atoms with Crippen molar-refractivity contribution in [2.24, 2.45) is 0 Å². The Hall–Kier alpha value is -6.90. The van der Waals surface area contributed by atoms with Gasteiger partial charge in [0.25, 0.3) is 0 Å². The second-order valence-electron chi connectivity index (χ2n) is 13.8. The average Bonchev–Trinajstić information content (AvgIpc) is 3.74. The smallest absolute Gasteiger partial charge is 0.0547 e. The summed E-state index contributed by atoms with van der Waals surface area (Å²) in [5.41, 5.74) is 14.7. The van der Waals surface area contributed by atoms with Gasteiger partial charge >= 0.3 is 0 Å². The summed E-state index contributed by atoms with van der Waals surface area (Å²) in [6, 6.07) is 70.9. The number of nitrogens with zero attached hydrogens (tertiary/aromatic N) is 2. The van der Waals surface area contributed by atoms with Gasteiger partial charge in [0.1, 0.15) is 0 Å². The molecule has 54 heavy (non-hydrogen) atoms. The molecule has 0 atom stereocenters.